The monoisotopic (exact) mass is 270 g/mol. The third kappa shape index (κ3) is 2.14. The van der Waals surface area contributed by atoms with Crippen molar-refractivity contribution in [2.24, 2.45) is 0 Å². The van der Waals surface area contributed by atoms with Crippen molar-refractivity contribution in [1.82, 2.24) is 9.38 Å². The minimum absolute atomic E-state index is 0.310. The predicted molar refractivity (Wildman–Crippen MR) is 71.9 cm³/mol. The van der Waals surface area contributed by atoms with Crippen LogP contribution in [-0.2, 0) is 4.74 Å². The summed E-state index contributed by atoms with van der Waals surface area (Å²) in [6.45, 7) is 0. The van der Waals surface area contributed by atoms with Crippen molar-refractivity contribution in [2.75, 3.05) is 7.11 Å². The van der Waals surface area contributed by atoms with Gasteiger partial charge in [-0.3, -0.25) is 0 Å². The molecule has 0 N–H and O–H groups in total. The summed E-state index contributed by atoms with van der Waals surface area (Å²) in [6.07, 6.45) is 3.38. The Labute approximate surface area is 114 Å². The molecule has 3 aromatic rings. The van der Waals surface area contributed by atoms with Gasteiger partial charge in [-0.1, -0.05) is 12.1 Å². The molecule has 0 aliphatic carbocycles. The van der Waals surface area contributed by atoms with Crippen LogP contribution in [0.2, 0.25) is 0 Å². The maximum absolute atomic E-state index is 13.2. The summed E-state index contributed by atoms with van der Waals surface area (Å²) in [5.74, 6) is -0.720. The van der Waals surface area contributed by atoms with Crippen LogP contribution in [-0.4, -0.2) is 22.5 Å². The van der Waals surface area contributed by atoms with Crippen molar-refractivity contribution in [1.29, 1.82) is 0 Å². The molecule has 5 heteroatoms. The van der Waals surface area contributed by atoms with Crippen LogP contribution < -0.4 is 0 Å². The Balaban J connectivity index is 2.09. The van der Waals surface area contributed by atoms with Crippen LogP contribution in [0.1, 0.15) is 10.4 Å². The number of hydrogen-bond donors (Lipinski definition) is 0. The van der Waals surface area contributed by atoms with Gasteiger partial charge in [0.2, 0.25) is 0 Å². The molecule has 2 heterocycles. The van der Waals surface area contributed by atoms with E-state index in [4.69, 9.17) is 0 Å². The zero-order valence-corrected chi connectivity index (χ0v) is 10.7. The van der Waals surface area contributed by atoms with Gasteiger partial charge in [-0.2, -0.15) is 0 Å². The minimum Gasteiger partial charge on any atom is -0.465 e. The highest BCUT2D eigenvalue weighted by Gasteiger charge is 2.09. The van der Waals surface area contributed by atoms with E-state index in [1.807, 2.05) is 0 Å². The number of benzene rings is 1. The number of nitrogens with zero attached hydrogens (tertiary/aromatic N) is 2. The van der Waals surface area contributed by atoms with Crippen molar-refractivity contribution >= 4 is 11.6 Å². The Morgan fingerprint density at radius 3 is 2.85 bits per heavy atom. The summed E-state index contributed by atoms with van der Waals surface area (Å²) in [4.78, 5) is 15.9. The Bertz CT molecular complexity index is 795. The fourth-order valence-corrected chi connectivity index (χ4v) is 2.02. The lowest BCUT2D eigenvalue weighted by Gasteiger charge is -1.99. The quantitative estimate of drug-likeness (QED) is 0.672. The van der Waals surface area contributed by atoms with Gasteiger partial charge in [-0.25, -0.2) is 14.2 Å². The van der Waals surface area contributed by atoms with Crippen molar-refractivity contribution in [3.8, 4) is 11.3 Å². The second-order valence-corrected chi connectivity index (χ2v) is 4.31. The fraction of sp³-hybridized carbons (Fsp3) is 0.0667. The number of rotatable bonds is 2. The average molecular weight is 270 g/mol. The molecule has 0 radical (unpaired) electrons. The maximum atomic E-state index is 13.2. The van der Waals surface area contributed by atoms with E-state index in [-0.39, 0.29) is 5.82 Å². The van der Waals surface area contributed by atoms with Crippen LogP contribution >= 0.6 is 0 Å². The summed E-state index contributed by atoms with van der Waals surface area (Å²) >= 11 is 0. The van der Waals surface area contributed by atoms with Crippen molar-refractivity contribution in [2.45, 2.75) is 0 Å². The molecule has 0 saturated carbocycles. The standard InChI is InChI=1S/C15H11FN2O2/c1-20-15(19)11-5-6-14-17-13(9-18(14)8-11)10-3-2-4-12(16)7-10/h2-9H,1H3. The number of carbonyl (C=O) groups excluding carboxylic acids is 1. The molecule has 0 unspecified atom stereocenters. The molecule has 2 aromatic heterocycles. The molecule has 0 amide bonds. The molecule has 0 bridgehead atoms. The molecule has 0 aliphatic heterocycles. The van der Waals surface area contributed by atoms with E-state index < -0.39 is 5.97 Å². The number of imidazole rings is 1. The lowest BCUT2D eigenvalue weighted by molar-refractivity contribution is 0.0600. The molecule has 0 spiro atoms. The van der Waals surface area contributed by atoms with Gasteiger partial charge >= 0.3 is 5.97 Å². The molecule has 0 saturated heterocycles. The first kappa shape index (κ1) is 12.3. The predicted octanol–water partition coefficient (Wildman–Crippen LogP) is 2.93. The van der Waals surface area contributed by atoms with Crippen LogP contribution in [0.25, 0.3) is 16.9 Å². The second kappa shape index (κ2) is 4.77. The molecule has 3 rings (SSSR count). The topological polar surface area (TPSA) is 43.6 Å². The molecule has 4 nitrogen and oxygen atoms in total. The first-order valence-electron chi connectivity index (χ1n) is 6.00. The van der Waals surface area contributed by atoms with Crippen LogP contribution in [0.15, 0.2) is 48.8 Å². The molecular formula is C15H11FN2O2. The zero-order chi connectivity index (χ0) is 14.1. The molecule has 20 heavy (non-hydrogen) atoms. The molecule has 100 valence electrons. The van der Waals surface area contributed by atoms with Crippen LogP contribution in [0, 0.1) is 5.82 Å². The Morgan fingerprint density at radius 2 is 2.10 bits per heavy atom. The Morgan fingerprint density at radius 1 is 1.25 bits per heavy atom. The van der Waals surface area contributed by atoms with E-state index in [2.05, 4.69) is 9.72 Å². The van der Waals surface area contributed by atoms with Crippen LogP contribution in [0.4, 0.5) is 4.39 Å². The van der Waals surface area contributed by atoms with Gasteiger partial charge in [0.25, 0.3) is 0 Å². The van der Waals surface area contributed by atoms with Gasteiger partial charge in [0, 0.05) is 18.0 Å². The highest BCUT2D eigenvalue weighted by atomic mass is 19.1. The molecule has 0 fully saturated rings. The molecule has 0 aliphatic rings. The summed E-state index contributed by atoms with van der Waals surface area (Å²) < 4.78 is 19.6. The van der Waals surface area contributed by atoms with Crippen molar-refractivity contribution in [3.05, 3.63) is 60.2 Å². The van der Waals surface area contributed by atoms with Gasteiger partial charge in [-0.15, -0.1) is 0 Å². The lowest BCUT2D eigenvalue weighted by Crippen LogP contribution is -2.02. The molecule has 1 aromatic carbocycles. The number of pyridine rings is 1. The van der Waals surface area contributed by atoms with Gasteiger partial charge in [0.1, 0.15) is 11.5 Å². The Kier molecular flexibility index (Phi) is 2.95. The maximum Gasteiger partial charge on any atom is 0.339 e. The number of hydrogen-bond acceptors (Lipinski definition) is 3. The van der Waals surface area contributed by atoms with Crippen molar-refractivity contribution in [3.63, 3.8) is 0 Å². The van der Waals surface area contributed by atoms with Gasteiger partial charge in [0.05, 0.1) is 18.4 Å². The average Bonchev–Trinajstić information content (AvgIpc) is 2.89. The number of fused-ring (bicyclic) bond motifs is 1. The zero-order valence-electron chi connectivity index (χ0n) is 10.7. The minimum atomic E-state index is -0.409. The highest BCUT2D eigenvalue weighted by Crippen LogP contribution is 2.20. The highest BCUT2D eigenvalue weighted by molar-refractivity contribution is 5.89. The number of aromatic nitrogens is 2. The number of ether oxygens (including phenoxy) is 1. The number of carbonyl (C=O) groups is 1. The van der Waals surface area contributed by atoms with Crippen LogP contribution in [0.3, 0.4) is 0 Å². The van der Waals surface area contributed by atoms with Gasteiger partial charge in [-0.05, 0) is 24.3 Å². The van der Waals surface area contributed by atoms with E-state index in [0.717, 1.165) is 0 Å². The van der Waals surface area contributed by atoms with E-state index >= 15 is 0 Å². The normalized spacial score (nSPS) is 10.7. The summed E-state index contributed by atoms with van der Waals surface area (Å²) in [5.41, 5.74) is 2.44. The number of methoxy groups -OCH3 is 1. The van der Waals surface area contributed by atoms with E-state index in [9.17, 15) is 9.18 Å². The number of halogens is 1. The van der Waals surface area contributed by atoms with Crippen LogP contribution in [0.5, 0.6) is 0 Å². The van der Waals surface area contributed by atoms with Gasteiger partial charge < -0.3 is 9.14 Å². The van der Waals surface area contributed by atoms with Gasteiger partial charge in [0.15, 0.2) is 0 Å². The van der Waals surface area contributed by atoms with Crippen molar-refractivity contribution < 1.29 is 13.9 Å². The van der Waals surface area contributed by atoms with E-state index in [1.165, 1.54) is 19.2 Å². The fourth-order valence-electron chi connectivity index (χ4n) is 2.02. The lowest BCUT2D eigenvalue weighted by atomic mass is 10.2. The largest absolute Gasteiger partial charge is 0.465 e. The SMILES string of the molecule is COC(=O)c1ccc2nc(-c3cccc(F)c3)cn2c1. The summed E-state index contributed by atoms with van der Waals surface area (Å²) in [6, 6.07) is 9.58. The van der Waals surface area contributed by atoms with E-state index in [1.54, 1.807) is 41.1 Å². The first-order chi connectivity index (χ1) is 9.67. The summed E-state index contributed by atoms with van der Waals surface area (Å²) in [5, 5.41) is 0. The third-order valence-electron chi connectivity index (χ3n) is 2.99. The number of esters is 1. The smallest absolute Gasteiger partial charge is 0.339 e. The first-order valence-corrected chi connectivity index (χ1v) is 6.00. The molecular weight excluding hydrogens is 259 g/mol. The molecule has 0 atom stereocenters. The van der Waals surface area contributed by atoms with E-state index in [0.29, 0.717) is 22.5 Å². The summed E-state index contributed by atoms with van der Waals surface area (Å²) in [7, 11) is 1.33. The second-order valence-electron chi connectivity index (χ2n) is 4.31. The Hall–Kier alpha value is -2.69. The third-order valence-corrected chi connectivity index (χ3v) is 2.99.